The topological polar surface area (TPSA) is 43.2 Å². The van der Waals surface area contributed by atoms with Crippen molar-refractivity contribution in [2.45, 2.75) is 0 Å². The van der Waals surface area contributed by atoms with Crippen molar-refractivity contribution in [1.29, 1.82) is 0 Å². The lowest BCUT2D eigenvalue weighted by Crippen LogP contribution is -2.10. The highest BCUT2D eigenvalue weighted by atomic mass is 16.5. The molecule has 0 bridgehead atoms. The molecule has 0 fully saturated rings. The fourth-order valence-electron chi connectivity index (χ4n) is 4.96. The van der Waals surface area contributed by atoms with E-state index >= 15 is 0 Å². The Hall–Kier alpha value is -5.74. The van der Waals surface area contributed by atoms with Crippen LogP contribution in [-0.4, -0.2) is 11.4 Å². The van der Waals surface area contributed by atoms with Crippen LogP contribution < -0.4 is 9.47 Å². The maximum atomic E-state index is 6.03. The average Bonchev–Trinajstić information content (AvgIpc) is 3.04. The molecule has 0 aliphatic carbocycles. The number of hydrogen-bond donors (Lipinski definition) is 0. The first-order valence-corrected chi connectivity index (χ1v) is 13.8. The number of para-hydroxylation sites is 4. The van der Waals surface area contributed by atoms with E-state index in [1.165, 1.54) is 0 Å². The molecule has 42 heavy (non-hydrogen) atoms. The van der Waals surface area contributed by atoms with Crippen LogP contribution >= 0.6 is 0 Å². The van der Waals surface area contributed by atoms with E-state index in [1.807, 2.05) is 146 Å². The van der Waals surface area contributed by atoms with Gasteiger partial charge in [0.05, 0.1) is 22.8 Å². The van der Waals surface area contributed by atoms with Crippen LogP contribution in [0.25, 0.3) is 0 Å². The zero-order valence-corrected chi connectivity index (χ0v) is 22.7. The molecule has 200 valence electrons. The molecule has 1 heterocycles. The van der Waals surface area contributed by atoms with E-state index in [1.54, 1.807) is 0 Å². The SMILES string of the molecule is c1ccc(Oc2ccc(/C3=N/c4ccccc4/C(c4ccc(Oc5ccccc5)cc4)=N\c4ccccc43)cc2)cc1. The third-order valence-electron chi connectivity index (χ3n) is 7.00. The summed E-state index contributed by atoms with van der Waals surface area (Å²) in [5.41, 5.74) is 7.33. The smallest absolute Gasteiger partial charge is 0.127 e. The van der Waals surface area contributed by atoms with E-state index in [-0.39, 0.29) is 0 Å². The Morgan fingerprint density at radius 1 is 0.310 bits per heavy atom. The van der Waals surface area contributed by atoms with Crippen molar-refractivity contribution >= 4 is 22.8 Å². The maximum Gasteiger partial charge on any atom is 0.127 e. The van der Waals surface area contributed by atoms with Crippen LogP contribution in [0.1, 0.15) is 22.3 Å². The van der Waals surface area contributed by atoms with Crippen LogP contribution in [0.3, 0.4) is 0 Å². The molecule has 0 amide bonds. The quantitative estimate of drug-likeness (QED) is 0.210. The molecule has 0 unspecified atom stereocenters. The highest BCUT2D eigenvalue weighted by Crippen LogP contribution is 2.34. The molecule has 6 aromatic rings. The molecule has 1 aliphatic heterocycles. The number of ether oxygens (including phenoxy) is 2. The second-order valence-corrected chi connectivity index (χ2v) is 9.83. The molecule has 7 rings (SSSR count). The van der Waals surface area contributed by atoms with Crippen LogP contribution in [0.2, 0.25) is 0 Å². The predicted molar refractivity (Wildman–Crippen MR) is 169 cm³/mol. The number of nitrogens with zero attached hydrogens (tertiary/aromatic N) is 2. The third kappa shape index (κ3) is 5.34. The standard InChI is InChI=1S/C38H26N2O2/c1-3-11-29(12-4-1)41-31-23-19-27(20-24-31)37-33-15-7-9-17-35(33)40-38(34-16-8-10-18-36(34)39-37)28-21-25-32(26-22-28)42-30-13-5-2-6-14-30/h1-26H/b37-33?,38-34?,39-36?,39-37-,40-35?,40-38-. The zero-order valence-electron chi connectivity index (χ0n) is 22.7. The van der Waals surface area contributed by atoms with Crippen molar-refractivity contribution in [2.24, 2.45) is 9.98 Å². The maximum absolute atomic E-state index is 6.03. The first kappa shape index (κ1) is 25.2. The van der Waals surface area contributed by atoms with E-state index in [0.29, 0.717) is 0 Å². The van der Waals surface area contributed by atoms with Crippen LogP contribution in [0.15, 0.2) is 168 Å². The minimum Gasteiger partial charge on any atom is -0.457 e. The fraction of sp³-hybridized carbons (Fsp3) is 0. The average molecular weight is 543 g/mol. The molecule has 0 saturated heterocycles. The number of aliphatic imine (C=N–C) groups is 2. The van der Waals surface area contributed by atoms with Crippen molar-refractivity contribution in [1.82, 2.24) is 0 Å². The summed E-state index contributed by atoms with van der Waals surface area (Å²) in [6.07, 6.45) is 0. The number of hydrogen-bond acceptors (Lipinski definition) is 4. The molecular formula is C38H26N2O2. The van der Waals surface area contributed by atoms with Gasteiger partial charge < -0.3 is 9.47 Å². The molecule has 1 aliphatic rings. The lowest BCUT2D eigenvalue weighted by Gasteiger charge is -2.18. The second kappa shape index (κ2) is 11.4. The highest BCUT2D eigenvalue weighted by molar-refractivity contribution is 6.22. The molecule has 0 N–H and O–H groups in total. The molecule has 0 aromatic heterocycles. The van der Waals surface area contributed by atoms with Crippen molar-refractivity contribution in [3.05, 3.63) is 180 Å². The van der Waals surface area contributed by atoms with Gasteiger partial charge in [-0.3, -0.25) is 0 Å². The first-order valence-electron chi connectivity index (χ1n) is 13.8. The van der Waals surface area contributed by atoms with E-state index in [0.717, 1.165) is 68.0 Å². The predicted octanol–water partition coefficient (Wildman–Crippen LogP) is 9.92. The minimum absolute atomic E-state index is 0.769. The van der Waals surface area contributed by atoms with Gasteiger partial charge in [0.25, 0.3) is 0 Å². The Kier molecular flexibility index (Phi) is 6.85. The Morgan fingerprint density at radius 3 is 1.05 bits per heavy atom. The molecule has 0 saturated carbocycles. The Balaban J connectivity index is 1.27. The van der Waals surface area contributed by atoms with Gasteiger partial charge in [0.15, 0.2) is 0 Å². The van der Waals surface area contributed by atoms with Crippen LogP contribution in [0.4, 0.5) is 11.4 Å². The van der Waals surface area contributed by atoms with E-state index < -0.39 is 0 Å². The van der Waals surface area contributed by atoms with Crippen molar-refractivity contribution in [3.8, 4) is 23.0 Å². The van der Waals surface area contributed by atoms with Gasteiger partial charge in [0.2, 0.25) is 0 Å². The van der Waals surface area contributed by atoms with Gasteiger partial charge in [0, 0.05) is 22.3 Å². The Morgan fingerprint density at radius 2 is 0.643 bits per heavy atom. The van der Waals surface area contributed by atoms with Gasteiger partial charge >= 0.3 is 0 Å². The summed E-state index contributed by atoms with van der Waals surface area (Å²) in [4.78, 5) is 10.5. The van der Waals surface area contributed by atoms with Gasteiger partial charge in [-0.2, -0.15) is 0 Å². The second-order valence-electron chi connectivity index (χ2n) is 9.83. The van der Waals surface area contributed by atoms with Crippen molar-refractivity contribution < 1.29 is 9.47 Å². The summed E-state index contributed by atoms with van der Waals surface area (Å²) < 4.78 is 12.1. The van der Waals surface area contributed by atoms with E-state index in [2.05, 4.69) is 12.1 Å². The number of benzene rings is 6. The van der Waals surface area contributed by atoms with Crippen LogP contribution in [0, 0.1) is 0 Å². The summed E-state index contributed by atoms with van der Waals surface area (Å²) in [6.45, 7) is 0. The van der Waals surface area contributed by atoms with Crippen molar-refractivity contribution in [2.75, 3.05) is 0 Å². The summed E-state index contributed by atoms with van der Waals surface area (Å²) in [6, 6.07) is 52.0. The highest BCUT2D eigenvalue weighted by Gasteiger charge is 2.20. The molecule has 4 heteroatoms. The third-order valence-corrected chi connectivity index (χ3v) is 7.00. The van der Waals surface area contributed by atoms with Gasteiger partial charge in [-0.05, 0) is 84.9 Å². The number of rotatable bonds is 6. The normalized spacial score (nSPS) is 14.6. The van der Waals surface area contributed by atoms with Crippen molar-refractivity contribution in [3.63, 3.8) is 0 Å². The lowest BCUT2D eigenvalue weighted by atomic mass is 9.96. The minimum atomic E-state index is 0.769. The molecule has 6 aromatic carbocycles. The number of fused-ring (bicyclic) bond motifs is 2. The molecule has 0 atom stereocenters. The van der Waals surface area contributed by atoms with E-state index in [9.17, 15) is 0 Å². The summed E-state index contributed by atoms with van der Waals surface area (Å²) >= 11 is 0. The Labute approximate surface area is 244 Å². The van der Waals surface area contributed by atoms with Gasteiger partial charge in [-0.25, -0.2) is 9.98 Å². The largest absolute Gasteiger partial charge is 0.457 e. The summed E-state index contributed by atoms with van der Waals surface area (Å²) in [5.74, 6) is 3.14. The summed E-state index contributed by atoms with van der Waals surface area (Å²) in [5, 5.41) is 0. The molecule has 0 radical (unpaired) electrons. The molecule has 4 nitrogen and oxygen atoms in total. The molecular weight excluding hydrogens is 516 g/mol. The van der Waals surface area contributed by atoms with Crippen LogP contribution in [-0.2, 0) is 0 Å². The zero-order chi connectivity index (χ0) is 28.1. The van der Waals surface area contributed by atoms with E-state index in [4.69, 9.17) is 19.5 Å². The lowest BCUT2D eigenvalue weighted by molar-refractivity contribution is 0.482. The van der Waals surface area contributed by atoms with Gasteiger partial charge in [0.1, 0.15) is 23.0 Å². The Bertz CT molecular complexity index is 1750. The fourth-order valence-corrected chi connectivity index (χ4v) is 4.96. The van der Waals surface area contributed by atoms with Gasteiger partial charge in [-0.1, -0.05) is 72.8 Å². The van der Waals surface area contributed by atoms with Crippen LogP contribution in [0.5, 0.6) is 23.0 Å². The monoisotopic (exact) mass is 542 g/mol. The molecule has 0 spiro atoms. The summed E-state index contributed by atoms with van der Waals surface area (Å²) in [7, 11) is 0. The van der Waals surface area contributed by atoms with Gasteiger partial charge in [-0.15, -0.1) is 0 Å². The first-order chi connectivity index (χ1) is 20.8.